The van der Waals surface area contributed by atoms with Crippen LogP contribution in [0.25, 0.3) is 16.6 Å². The first kappa shape index (κ1) is 14.7. The van der Waals surface area contributed by atoms with Gasteiger partial charge in [0, 0.05) is 12.6 Å². The molecule has 26 heavy (non-hydrogen) atoms. The van der Waals surface area contributed by atoms with Crippen LogP contribution in [-0.2, 0) is 4.84 Å². The Morgan fingerprint density at radius 1 is 1.15 bits per heavy atom. The van der Waals surface area contributed by atoms with Crippen molar-refractivity contribution in [3.05, 3.63) is 76.2 Å². The Morgan fingerprint density at radius 2 is 1.96 bits per heavy atom. The molecule has 1 atom stereocenters. The number of aromatic nitrogens is 3. The molecule has 2 aromatic carbocycles. The van der Waals surface area contributed by atoms with Crippen LogP contribution < -0.4 is 5.56 Å². The van der Waals surface area contributed by atoms with Gasteiger partial charge in [0.15, 0.2) is 11.8 Å². The van der Waals surface area contributed by atoms with Crippen LogP contribution in [0.5, 0.6) is 5.75 Å². The van der Waals surface area contributed by atoms with Crippen molar-refractivity contribution in [1.29, 1.82) is 0 Å². The summed E-state index contributed by atoms with van der Waals surface area (Å²) in [5.41, 5.74) is 3.51. The van der Waals surface area contributed by atoms with Gasteiger partial charge in [0.05, 0.1) is 22.2 Å². The van der Waals surface area contributed by atoms with E-state index in [4.69, 9.17) is 4.84 Å². The SMILES string of the molecule is O=c1c2ccccc2nc2c(C3CC(c4ccc(O)cc4)=NO3)c[nH]n12. The highest BCUT2D eigenvalue weighted by Gasteiger charge is 2.27. The lowest BCUT2D eigenvalue weighted by Crippen LogP contribution is -2.15. The molecule has 0 bridgehead atoms. The molecule has 1 unspecified atom stereocenters. The van der Waals surface area contributed by atoms with Gasteiger partial charge in [0.2, 0.25) is 0 Å². The van der Waals surface area contributed by atoms with Crippen LogP contribution in [0.2, 0.25) is 0 Å². The molecule has 1 aliphatic heterocycles. The number of oxime groups is 1. The minimum atomic E-state index is -0.326. The van der Waals surface area contributed by atoms with Crippen LogP contribution >= 0.6 is 0 Å². The van der Waals surface area contributed by atoms with Crippen molar-refractivity contribution in [2.24, 2.45) is 5.16 Å². The Kier molecular flexibility index (Phi) is 3.08. The summed E-state index contributed by atoms with van der Waals surface area (Å²) in [5.74, 6) is 0.205. The molecular formula is C19H14N4O3. The van der Waals surface area contributed by atoms with Crippen molar-refractivity contribution in [1.82, 2.24) is 14.6 Å². The van der Waals surface area contributed by atoms with Gasteiger partial charge in [-0.2, -0.15) is 0 Å². The van der Waals surface area contributed by atoms with Crippen LogP contribution in [0.15, 0.2) is 64.7 Å². The van der Waals surface area contributed by atoms with Gasteiger partial charge < -0.3 is 9.94 Å². The normalized spacial score (nSPS) is 16.8. The number of fused-ring (bicyclic) bond motifs is 2. The first-order valence-corrected chi connectivity index (χ1v) is 8.21. The molecular weight excluding hydrogens is 332 g/mol. The first-order valence-electron chi connectivity index (χ1n) is 8.21. The molecule has 0 fully saturated rings. The third kappa shape index (κ3) is 2.17. The molecule has 5 rings (SSSR count). The molecule has 7 nitrogen and oxygen atoms in total. The van der Waals surface area contributed by atoms with Crippen molar-refractivity contribution in [2.75, 3.05) is 0 Å². The summed E-state index contributed by atoms with van der Waals surface area (Å²) in [6.45, 7) is 0. The lowest BCUT2D eigenvalue weighted by atomic mass is 10.0. The topological polar surface area (TPSA) is 92.0 Å². The van der Waals surface area contributed by atoms with E-state index in [0.29, 0.717) is 23.0 Å². The van der Waals surface area contributed by atoms with E-state index in [9.17, 15) is 9.90 Å². The number of aromatic amines is 1. The van der Waals surface area contributed by atoms with Crippen molar-refractivity contribution < 1.29 is 9.94 Å². The maximum absolute atomic E-state index is 12.6. The van der Waals surface area contributed by atoms with E-state index in [-0.39, 0.29) is 17.4 Å². The van der Waals surface area contributed by atoms with E-state index in [1.807, 2.05) is 18.2 Å². The van der Waals surface area contributed by atoms with Crippen LogP contribution in [0, 0.1) is 0 Å². The highest BCUT2D eigenvalue weighted by molar-refractivity contribution is 6.01. The summed E-state index contributed by atoms with van der Waals surface area (Å²) in [4.78, 5) is 22.9. The number of phenolic OH excluding ortho intramolecular Hbond substituents is 1. The van der Waals surface area contributed by atoms with Crippen molar-refractivity contribution in [3.63, 3.8) is 0 Å². The van der Waals surface area contributed by atoms with Gasteiger partial charge in [0.1, 0.15) is 5.75 Å². The summed E-state index contributed by atoms with van der Waals surface area (Å²) in [6, 6.07) is 14.1. The molecule has 0 spiro atoms. The number of hydrogen-bond donors (Lipinski definition) is 2. The fourth-order valence-corrected chi connectivity index (χ4v) is 3.25. The molecule has 2 N–H and O–H groups in total. The molecule has 7 heteroatoms. The monoisotopic (exact) mass is 346 g/mol. The Morgan fingerprint density at radius 3 is 2.81 bits per heavy atom. The molecule has 1 aliphatic rings. The van der Waals surface area contributed by atoms with Crippen LogP contribution in [-0.4, -0.2) is 25.4 Å². The Bertz CT molecular complexity index is 1220. The number of phenols is 1. The highest BCUT2D eigenvalue weighted by Crippen LogP contribution is 2.31. The highest BCUT2D eigenvalue weighted by atomic mass is 16.6. The van der Waals surface area contributed by atoms with E-state index >= 15 is 0 Å². The lowest BCUT2D eigenvalue weighted by molar-refractivity contribution is 0.0866. The summed E-state index contributed by atoms with van der Waals surface area (Å²) < 4.78 is 1.43. The molecule has 128 valence electrons. The van der Waals surface area contributed by atoms with Crippen molar-refractivity contribution >= 4 is 22.3 Å². The molecule has 4 aromatic rings. The predicted octanol–water partition coefficient (Wildman–Crippen LogP) is 2.75. The zero-order valence-corrected chi connectivity index (χ0v) is 13.6. The fraction of sp³-hybridized carbons (Fsp3) is 0.105. The third-order valence-corrected chi connectivity index (χ3v) is 4.60. The van der Waals surface area contributed by atoms with Gasteiger partial charge >= 0.3 is 0 Å². The minimum absolute atomic E-state index is 0.144. The Labute approximate surface area is 147 Å². The molecule has 2 aromatic heterocycles. The van der Waals surface area contributed by atoms with Gasteiger partial charge in [-0.1, -0.05) is 17.3 Å². The largest absolute Gasteiger partial charge is 0.508 e. The Balaban J connectivity index is 1.54. The van der Waals surface area contributed by atoms with Gasteiger partial charge in [-0.05, 0) is 42.0 Å². The van der Waals surface area contributed by atoms with E-state index in [1.54, 1.807) is 36.5 Å². The summed E-state index contributed by atoms with van der Waals surface area (Å²) in [7, 11) is 0. The van der Waals surface area contributed by atoms with Crippen LogP contribution in [0.1, 0.15) is 23.7 Å². The van der Waals surface area contributed by atoms with E-state index in [0.717, 1.165) is 16.8 Å². The molecule has 3 heterocycles. The standard InChI is InChI=1S/C19H14N4O3/c24-12-7-5-11(6-8-12)16-9-17(26-22-16)14-10-20-23-18(14)21-15-4-2-1-3-13(15)19(23)25/h1-8,10,17,20,24H,9H2. The average Bonchev–Trinajstić information content (AvgIpc) is 3.30. The number of benzene rings is 2. The maximum Gasteiger partial charge on any atom is 0.280 e. The number of nitrogens with one attached hydrogen (secondary N) is 1. The number of aromatic hydroxyl groups is 1. The number of rotatable bonds is 2. The quantitative estimate of drug-likeness (QED) is 0.584. The summed E-state index contributed by atoms with van der Waals surface area (Å²) >= 11 is 0. The summed E-state index contributed by atoms with van der Waals surface area (Å²) in [6.07, 6.45) is 1.97. The molecule has 0 radical (unpaired) electrons. The van der Waals surface area contributed by atoms with Crippen molar-refractivity contribution in [2.45, 2.75) is 12.5 Å². The van der Waals surface area contributed by atoms with Gasteiger partial charge in [-0.25, -0.2) is 9.50 Å². The third-order valence-electron chi connectivity index (χ3n) is 4.60. The molecule has 0 saturated heterocycles. The molecule has 0 saturated carbocycles. The van der Waals surface area contributed by atoms with E-state index in [2.05, 4.69) is 15.2 Å². The second-order valence-corrected chi connectivity index (χ2v) is 6.20. The van der Waals surface area contributed by atoms with Crippen LogP contribution in [0.4, 0.5) is 0 Å². The zero-order chi connectivity index (χ0) is 17.7. The fourth-order valence-electron chi connectivity index (χ4n) is 3.25. The van der Waals surface area contributed by atoms with E-state index < -0.39 is 0 Å². The second-order valence-electron chi connectivity index (χ2n) is 6.20. The van der Waals surface area contributed by atoms with Crippen LogP contribution in [0.3, 0.4) is 0 Å². The average molecular weight is 346 g/mol. The number of para-hydroxylation sites is 1. The van der Waals surface area contributed by atoms with Gasteiger partial charge in [0.25, 0.3) is 5.56 Å². The van der Waals surface area contributed by atoms with E-state index in [1.165, 1.54) is 4.52 Å². The predicted molar refractivity (Wildman–Crippen MR) is 96.4 cm³/mol. The zero-order valence-electron chi connectivity index (χ0n) is 13.6. The molecule has 0 aliphatic carbocycles. The van der Waals surface area contributed by atoms with Gasteiger partial charge in [-0.15, -0.1) is 0 Å². The lowest BCUT2D eigenvalue weighted by Gasteiger charge is -2.06. The molecule has 0 amide bonds. The summed E-state index contributed by atoms with van der Waals surface area (Å²) in [5, 5.41) is 17.1. The minimum Gasteiger partial charge on any atom is -0.508 e. The number of H-pyrrole nitrogens is 1. The maximum atomic E-state index is 12.6. The first-order chi connectivity index (χ1) is 12.7. The number of hydrogen-bond acceptors (Lipinski definition) is 5. The van der Waals surface area contributed by atoms with Crippen molar-refractivity contribution in [3.8, 4) is 5.75 Å². The van der Waals surface area contributed by atoms with Gasteiger partial charge in [-0.3, -0.25) is 9.89 Å². The number of nitrogens with zero attached hydrogens (tertiary/aromatic N) is 3. The smallest absolute Gasteiger partial charge is 0.280 e. The second kappa shape index (κ2) is 5.45. The Hall–Kier alpha value is -3.61.